The topological polar surface area (TPSA) is 29.3 Å². The normalized spacial score (nSPS) is 11.9. The van der Waals surface area contributed by atoms with Crippen LogP contribution in [0, 0.1) is 0 Å². The minimum absolute atomic E-state index is 0.616. The number of anilines is 3. The molecule has 0 radical (unpaired) electrons. The highest BCUT2D eigenvalue weighted by Gasteiger charge is 2.23. The van der Waals surface area contributed by atoms with Crippen LogP contribution in [0.25, 0.3) is 107 Å². The maximum atomic E-state index is 6.73. The zero-order valence-electron chi connectivity index (χ0n) is 33.2. The zero-order chi connectivity index (χ0) is 40.7. The third kappa shape index (κ3) is 5.67. The Bertz CT molecular complexity index is 3900. The fraction of sp³-hybridized carbons (Fsp3) is 0. The van der Waals surface area contributed by atoms with Crippen LogP contribution in [0.15, 0.2) is 211 Å². The highest BCUT2D eigenvalue weighted by molar-refractivity contribution is 7.26. The number of benzene rings is 10. The Kier molecular flexibility index (Phi) is 7.95. The Hall–Kier alpha value is -7.57. The molecule has 0 fully saturated rings. The average molecular weight is 827 g/mol. The van der Waals surface area contributed by atoms with Crippen molar-refractivity contribution >= 4 is 113 Å². The monoisotopic (exact) mass is 826 g/mol. The van der Waals surface area contributed by atoms with Gasteiger partial charge in [-0.2, -0.15) is 0 Å². The molecule has 13 rings (SSSR count). The van der Waals surface area contributed by atoms with Gasteiger partial charge in [0.25, 0.3) is 0 Å². The molecule has 0 saturated heterocycles. The van der Waals surface area contributed by atoms with Crippen LogP contribution in [0.4, 0.5) is 17.1 Å². The van der Waals surface area contributed by atoms with Gasteiger partial charge in [-0.25, -0.2) is 4.98 Å². The van der Waals surface area contributed by atoms with Gasteiger partial charge in [0.1, 0.15) is 5.52 Å². The van der Waals surface area contributed by atoms with E-state index in [9.17, 15) is 0 Å². The predicted molar refractivity (Wildman–Crippen MR) is 266 cm³/mol. The minimum Gasteiger partial charge on any atom is -0.436 e. The van der Waals surface area contributed by atoms with E-state index in [1.165, 1.54) is 45.7 Å². The van der Waals surface area contributed by atoms with Gasteiger partial charge in [0.2, 0.25) is 5.89 Å². The molecule has 0 amide bonds. The number of aromatic nitrogens is 1. The molecule has 0 aliphatic carbocycles. The molecule has 0 spiro atoms. The minimum atomic E-state index is 0.616. The Balaban J connectivity index is 1.08. The average Bonchev–Trinajstić information content (AvgIpc) is 4.05. The summed E-state index contributed by atoms with van der Waals surface area (Å²) in [5.41, 5.74) is 10.4. The largest absolute Gasteiger partial charge is 0.436 e. The van der Waals surface area contributed by atoms with Gasteiger partial charge in [-0.3, -0.25) is 0 Å². The molecule has 3 heterocycles. The molecule has 5 heteroatoms. The van der Waals surface area contributed by atoms with Gasteiger partial charge < -0.3 is 9.32 Å². The number of hydrogen-bond donors (Lipinski definition) is 0. The fourth-order valence-corrected chi connectivity index (χ4v) is 11.6. The molecule has 0 atom stereocenters. The van der Waals surface area contributed by atoms with Crippen LogP contribution in [0.5, 0.6) is 0 Å². The van der Waals surface area contributed by atoms with Crippen molar-refractivity contribution in [2.75, 3.05) is 4.90 Å². The van der Waals surface area contributed by atoms with E-state index in [1.54, 1.807) is 0 Å². The van der Waals surface area contributed by atoms with Crippen molar-refractivity contribution in [2.24, 2.45) is 0 Å². The summed E-state index contributed by atoms with van der Waals surface area (Å²) in [4.78, 5) is 7.64. The van der Waals surface area contributed by atoms with Gasteiger partial charge in [-0.15, -0.1) is 22.7 Å². The van der Waals surface area contributed by atoms with E-state index in [0.717, 1.165) is 72.1 Å². The number of thiophene rings is 2. The molecule has 3 aromatic heterocycles. The summed E-state index contributed by atoms with van der Waals surface area (Å²) in [6.45, 7) is 0. The summed E-state index contributed by atoms with van der Waals surface area (Å²) >= 11 is 3.71. The predicted octanol–water partition coefficient (Wildman–Crippen LogP) is 17.3. The van der Waals surface area contributed by atoms with E-state index in [-0.39, 0.29) is 0 Å². The number of rotatable bonds is 6. The van der Waals surface area contributed by atoms with Crippen molar-refractivity contribution in [3.8, 4) is 33.7 Å². The molecule has 3 nitrogen and oxygen atoms in total. The maximum Gasteiger partial charge on any atom is 0.227 e. The summed E-state index contributed by atoms with van der Waals surface area (Å²) in [5.74, 6) is 0.616. The Morgan fingerprint density at radius 2 is 1.06 bits per heavy atom. The van der Waals surface area contributed by atoms with Gasteiger partial charge in [0, 0.05) is 62.7 Å². The lowest BCUT2D eigenvalue weighted by molar-refractivity contribution is 0.620. The highest BCUT2D eigenvalue weighted by atomic mass is 32.1. The lowest BCUT2D eigenvalue weighted by Crippen LogP contribution is -2.10. The smallest absolute Gasteiger partial charge is 0.227 e. The van der Waals surface area contributed by atoms with Crippen molar-refractivity contribution < 1.29 is 4.42 Å². The molecular weight excluding hydrogens is 793 g/mol. The third-order valence-corrected chi connectivity index (χ3v) is 14.5. The van der Waals surface area contributed by atoms with Gasteiger partial charge in [-0.1, -0.05) is 133 Å². The van der Waals surface area contributed by atoms with Crippen LogP contribution in [0.2, 0.25) is 0 Å². The zero-order valence-corrected chi connectivity index (χ0v) is 34.9. The Morgan fingerprint density at radius 3 is 1.94 bits per heavy atom. The maximum absolute atomic E-state index is 6.73. The second kappa shape index (κ2) is 14.0. The van der Waals surface area contributed by atoms with Gasteiger partial charge in [0.15, 0.2) is 5.58 Å². The highest BCUT2D eigenvalue weighted by Crippen LogP contribution is 2.48. The van der Waals surface area contributed by atoms with Crippen molar-refractivity contribution in [1.29, 1.82) is 0 Å². The summed E-state index contributed by atoms with van der Waals surface area (Å²) in [5, 5.41) is 9.62. The Labute approximate surface area is 365 Å². The second-order valence-electron chi connectivity index (χ2n) is 15.9. The second-order valence-corrected chi connectivity index (χ2v) is 18.1. The summed E-state index contributed by atoms with van der Waals surface area (Å²) < 4.78 is 11.8. The van der Waals surface area contributed by atoms with E-state index in [0.29, 0.717) is 5.89 Å². The molecule has 0 unspecified atom stereocenters. The van der Waals surface area contributed by atoms with Crippen molar-refractivity contribution in [3.63, 3.8) is 0 Å². The van der Waals surface area contributed by atoms with Crippen LogP contribution < -0.4 is 4.90 Å². The molecule has 0 aliphatic heterocycles. The first-order valence-electron chi connectivity index (χ1n) is 20.8. The van der Waals surface area contributed by atoms with E-state index in [1.807, 2.05) is 22.7 Å². The van der Waals surface area contributed by atoms with Crippen LogP contribution in [-0.4, -0.2) is 4.98 Å². The number of oxazole rings is 1. The fourth-order valence-electron chi connectivity index (χ4n) is 9.36. The lowest BCUT2D eigenvalue weighted by Gasteiger charge is -2.28. The number of nitrogens with zero attached hydrogens (tertiary/aromatic N) is 2. The number of hydrogen-bond acceptors (Lipinski definition) is 5. The van der Waals surface area contributed by atoms with Gasteiger partial charge in [-0.05, 0) is 111 Å². The van der Waals surface area contributed by atoms with Gasteiger partial charge >= 0.3 is 0 Å². The van der Waals surface area contributed by atoms with E-state index in [2.05, 4.69) is 211 Å². The molecule has 0 bridgehead atoms. The molecule has 10 aromatic carbocycles. The molecule has 13 aromatic rings. The molecule has 0 aliphatic rings. The van der Waals surface area contributed by atoms with Crippen LogP contribution in [-0.2, 0) is 0 Å². The van der Waals surface area contributed by atoms with Crippen LogP contribution in [0.3, 0.4) is 0 Å². The van der Waals surface area contributed by atoms with Crippen LogP contribution >= 0.6 is 22.7 Å². The van der Waals surface area contributed by atoms with E-state index in [4.69, 9.17) is 9.40 Å². The first-order chi connectivity index (χ1) is 30.7. The number of fused-ring (bicyclic) bond motifs is 10. The quantitative estimate of drug-likeness (QED) is 0.167. The van der Waals surface area contributed by atoms with Crippen molar-refractivity contribution in [3.05, 3.63) is 206 Å². The molecule has 62 heavy (non-hydrogen) atoms. The SMILES string of the molecule is c1ccc(-c2cc(-c3cc4oc(-c5ccc6ccccc6c5)nc4c4ccccc34)cc(N(c3ccc4c(c3)sc3ccccc34)c3cccc4sc5ccccc5c34)c2)cc1. The van der Waals surface area contributed by atoms with E-state index < -0.39 is 0 Å². The van der Waals surface area contributed by atoms with E-state index >= 15 is 0 Å². The van der Waals surface area contributed by atoms with Gasteiger partial charge in [0.05, 0.1) is 5.69 Å². The molecule has 0 N–H and O–H groups in total. The molecule has 290 valence electrons. The lowest BCUT2D eigenvalue weighted by atomic mass is 9.93. The van der Waals surface area contributed by atoms with Crippen molar-refractivity contribution in [1.82, 2.24) is 4.98 Å². The molecular formula is C57H34N2OS2. The first-order valence-corrected chi connectivity index (χ1v) is 22.5. The van der Waals surface area contributed by atoms with Crippen LogP contribution in [0.1, 0.15) is 0 Å². The molecule has 0 saturated carbocycles. The third-order valence-electron chi connectivity index (χ3n) is 12.2. The first kappa shape index (κ1) is 35.2. The summed E-state index contributed by atoms with van der Waals surface area (Å²) in [7, 11) is 0. The summed E-state index contributed by atoms with van der Waals surface area (Å²) in [6, 6.07) is 74.7. The summed E-state index contributed by atoms with van der Waals surface area (Å²) in [6.07, 6.45) is 0. The van der Waals surface area contributed by atoms with Crippen molar-refractivity contribution in [2.45, 2.75) is 0 Å². The standard InChI is InChI=1S/C57H34N2OS2/c1-2-13-35(14-3-1)39-30-40(48-34-50-56(46-19-7-6-17-43(46)48)58-57(60-50)38-26-25-36-15-4-5-16-37(36)29-38)32-42(31-39)59(41-27-28-45-44-18-8-10-22-51(44)62-54(45)33-41)49-21-12-24-53-55(49)47-20-9-11-23-52(47)61-53/h1-34H. The Morgan fingerprint density at radius 1 is 0.387 bits per heavy atom.